The molecule has 15 heavy (non-hydrogen) atoms. The monoisotopic (exact) mass is 247 g/mol. The minimum absolute atomic E-state index is 0. The van der Waals surface area contributed by atoms with Crippen molar-refractivity contribution in [1.29, 1.82) is 0 Å². The van der Waals surface area contributed by atoms with Crippen molar-refractivity contribution in [1.82, 2.24) is 5.32 Å². The Hall–Kier alpha value is -0.580. The molecule has 0 atom stereocenters. The van der Waals surface area contributed by atoms with Gasteiger partial charge in [0, 0.05) is 0 Å². The number of hydrogen-bond donors (Lipinski definition) is 1. The molecule has 3 nitrogen and oxygen atoms in total. The van der Waals surface area contributed by atoms with Gasteiger partial charge >= 0.3 is 5.97 Å². The fourth-order valence-electron chi connectivity index (χ4n) is 1.56. The minimum Gasteiger partial charge on any atom is -0.415 e. The van der Waals surface area contributed by atoms with Crippen LogP contribution in [0.4, 0.5) is 0 Å². The lowest BCUT2D eigenvalue weighted by Gasteiger charge is -2.20. The van der Waals surface area contributed by atoms with E-state index in [1.54, 1.807) is 0 Å². The third kappa shape index (κ3) is 3.48. The van der Waals surface area contributed by atoms with E-state index in [2.05, 4.69) is 5.32 Å². The van der Waals surface area contributed by atoms with Crippen LogP contribution in [0.15, 0.2) is 17.5 Å². The van der Waals surface area contributed by atoms with Crippen molar-refractivity contribution >= 4 is 29.7 Å². The van der Waals surface area contributed by atoms with Crippen molar-refractivity contribution in [3.8, 4) is 5.06 Å². The Morgan fingerprint density at radius 1 is 1.47 bits per heavy atom. The summed E-state index contributed by atoms with van der Waals surface area (Å²) >= 11 is 1.46. The highest BCUT2D eigenvalue weighted by Crippen LogP contribution is 2.21. The van der Waals surface area contributed by atoms with Gasteiger partial charge in [0.25, 0.3) is 0 Å². The third-order valence-electron chi connectivity index (χ3n) is 2.37. The summed E-state index contributed by atoms with van der Waals surface area (Å²) in [5.74, 6) is 0.00676. The topological polar surface area (TPSA) is 38.3 Å². The first-order chi connectivity index (χ1) is 6.86. The number of carbonyl (C=O) groups is 1. The molecule has 0 bridgehead atoms. The molecule has 1 N–H and O–H groups in total. The summed E-state index contributed by atoms with van der Waals surface area (Å²) < 4.78 is 5.25. The van der Waals surface area contributed by atoms with E-state index in [1.807, 2.05) is 17.5 Å². The Bertz CT molecular complexity index is 296. The lowest BCUT2D eigenvalue weighted by Crippen LogP contribution is -2.33. The van der Waals surface area contributed by atoms with Gasteiger partial charge in [-0.05, 0) is 43.4 Å². The van der Waals surface area contributed by atoms with Crippen molar-refractivity contribution in [3.05, 3.63) is 17.5 Å². The molecule has 2 heterocycles. The minimum atomic E-state index is -0.0750. The molecule has 0 aromatic carbocycles. The molecule has 1 aliphatic heterocycles. The number of thiophene rings is 1. The molecule has 0 aliphatic carbocycles. The van der Waals surface area contributed by atoms with E-state index in [0.717, 1.165) is 25.9 Å². The lowest BCUT2D eigenvalue weighted by molar-refractivity contribution is -0.139. The number of rotatable bonds is 2. The van der Waals surface area contributed by atoms with Crippen LogP contribution < -0.4 is 10.1 Å². The smallest absolute Gasteiger partial charge is 0.315 e. The number of esters is 1. The maximum atomic E-state index is 11.6. The standard InChI is InChI=1S/C10H13NO2S.ClH/c12-10(8-3-5-11-6-4-8)13-9-2-1-7-14-9;/h1-2,7-8,11H,3-6H2;1H. The van der Waals surface area contributed by atoms with E-state index in [1.165, 1.54) is 11.3 Å². The summed E-state index contributed by atoms with van der Waals surface area (Å²) in [7, 11) is 0. The second-order valence-electron chi connectivity index (χ2n) is 3.38. The number of carbonyl (C=O) groups excluding carboxylic acids is 1. The summed E-state index contributed by atoms with van der Waals surface area (Å²) in [6.45, 7) is 1.84. The van der Waals surface area contributed by atoms with Crippen LogP contribution in [0.2, 0.25) is 0 Å². The zero-order chi connectivity index (χ0) is 9.80. The average Bonchev–Trinajstić information content (AvgIpc) is 2.72. The van der Waals surface area contributed by atoms with Gasteiger partial charge in [-0.15, -0.1) is 23.7 Å². The first kappa shape index (κ1) is 12.5. The zero-order valence-electron chi connectivity index (χ0n) is 8.27. The number of hydrogen-bond acceptors (Lipinski definition) is 4. The van der Waals surface area contributed by atoms with Crippen LogP contribution >= 0.6 is 23.7 Å². The van der Waals surface area contributed by atoms with Gasteiger partial charge in [0.1, 0.15) is 0 Å². The summed E-state index contributed by atoms with van der Waals surface area (Å²) in [4.78, 5) is 11.6. The molecular weight excluding hydrogens is 234 g/mol. The number of nitrogens with one attached hydrogen (secondary N) is 1. The van der Waals surface area contributed by atoms with Gasteiger partial charge in [0.05, 0.1) is 5.92 Å². The Morgan fingerprint density at radius 3 is 2.80 bits per heavy atom. The lowest BCUT2D eigenvalue weighted by atomic mass is 9.99. The van der Waals surface area contributed by atoms with E-state index in [0.29, 0.717) is 5.06 Å². The maximum Gasteiger partial charge on any atom is 0.315 e. The van der Waals surface area contributed by atoms with Crippen molar-refractivity contribution in [2.24, 2.45) is 5.92 Å². The number of halogens is 1. The first-order valence-electron chi connectivity index (χ1n) is 4.82. The highest BCUT2D eigenvalue weighted by atomic mass is 35.5. The predicted molar refractivity (Wildman–Crippen MR) is 62.8 cm³/mol. The molecule has 1 aromatic heterocycles. The SMILES string of the molecule is Cl.O=C(Oc1cccs1)C1CCNCC1. The van der Waals surface area contributed by atoms with Crippen LogP contribution in [0.5, 0.6) is 5.06 Å². The van der Waals surface area contributed by atoms with Crippen LogP contribution in [0.1, 0.15) is 12.8 Å². The van der Waals surface area contributed by atoms with Gasteiger partial charge in [-0.3, -0.25) is 4.79 Å². The molecule has 1 aromatic rings. The molecule has 0 spiro atoms. The van der Waals surface area contributed by atoms with Gasteiger partial charge in [-0.25, -0.2) is 0 Å². The van der Waals surface area contributed by atoms with Crippen LogP contribution in [-0.4, -0.2) is 19.1 Å². The molecule has 1 aliphatic rings. The molecule has 0 saturated carbocycles. The second-order valence-corrected chi connectivity index (χ2v) is 4.29. The molecule has 5 heteroatoms. The number of ether oxygens (including phenoxy) is 1. The van der Waals surface area contributed by atoms with E-state index in [-0.39, 0.29) is 24.3 Å². The molecule has 1 saturated heterocycles. The molecule has 0 unspecified atom stereocenters. The quantitative estimate of drug-likeness (QED) is 0.814. The maximum absolute atomic E-state index is 11.6. The van der Waals surface area contributed by atoms with Crippen molar-refractivity contribution < 1.29 is 9.53 Å². The average molecular weight is 248 g/mol. The summed E-state index contributed by atoms with van der Waals surface area (Å²) in [5, 5.41) is 5.83. The van der Waals surface area contributed by atoms with Crippen LogP contribution in [0, 0.1) is 5.92 Å². The highest BCUT2D eigenvalue weighted by Gasteiger charge is 2.22. The molecule has 1 fully saturated rings. The van der Waals surface area contributed by atoms with Crippen molar-refractivity contribution in [2.45, 2.75) is 12.8 Å². The summed E-state index contributed by atoms with van der Waals surface area (Å²) in [6.07, 6.45) is 1.79. The molecule has 2 rings (SSSR count). The number of piperidine rings is 1. The highest BCUT2D eigenvalue weighted by molar-refractivity contribution is 7.11. The van der Waals surface area contributed by atoms with Crippen LogP contribution in [-0.2, 0) is 4.79 Å². The molecule has 0 radical (unpaired) electrons. The summed E-state index contributed by atoms with van der Waals surface area (Å²) in [5.41, 5.74) is 0. The van der Waals surface area contributed by atoms with Gasteiger partial charge in [0.15, 0.2) is 5.06 Å². The van der Waals surface area contributed by atoms with Gasteiger partial charge in [-0.2, -0.15) is 0 Å². The zero-order valence-corrected chi connectivity index (χ0v) is 9.90. The second kappa shape index (κ2) is 6.10. The first-order valence-corrected chi connectivity index (χ1v) is 5.70. The molecular formula is C10H14ClNO2S. The van der Waals surface area contributed by atoms with Crippen molar-refractivity contribution in [3.63, 3.8) is 0 Å². The Labute approximate surface area is 99.2 Å². The van der Waals surface area contributed by atoms with E-state index >= 15 is 0 Å². The Morgan fingerprint density at radius 2 is 2.20 bits per heavy atom. The fraction of sp³-hybridized carbons (Fsp3) is 0.500. The van der Waals surface area contributed by atoms with E-state index < -0.39 is 0 Å². The molecule has 0 amide bonds. The van der Waals surface area contributed by atoms with Gasteiger partial charge in [-0.1, -0.05) is 0 Å². The summed E-state index contributed by atoms with van der Waals surface area (Å²) in [6, 6.07) is 3.71. The van der Waals surface area contributed by atoms with Crippen LogP contribution in [0.3, 0.4) is 0 Å². The van der Waals surface area contributed by atoms with Gasteiger partial charge < -0.3 is 10.1 Å². The Kier molecular flexibility index (Phi) is 5.08. The van der Waals surface area contributed by atoms with Crippen molar-refractivity contribution in [2.75, 3.05) is 13.1 Å². The van der Waals surface area contributed by atoms with Crippen LogP contribution in [0.25, 0.3) is 0 Å². The Balaban J connectivity index is 0.00000112. The largest absolute Gasteiger partial charge is 0.415 e. The molecule has 84 valence electrons. The fourth-order valence-corrected chi connectivity index (χ4v) is 2.14. The third-order valence-corrected chi connectivity index (χ3v) is 3.11. The van der Waals surface area contributed by atoms with E-state index in [4.69, 9.17) is 4.74 Å². The predicted octanol–water partition coefficient (Wildman–Crippen LogP) is 2.07. The van der Waals surface area contributed by atoms with Gasteiger partial charge in [0.2, 0.25) is 0 Å². The normalized spacial score (nSPS) is 16.8. The van der Waals surface area contributed by atoms with E-state index in [9.17, 15) is 4.79 Å².